The molecule has 0 aliphatic carbocycles. The zero-order valence-electron chi connectivity index (χ0n) is 10.6. The number of halogens is 1. The Morgan fingerprint density at radius 1 is 1.28 bits per heavy atom. The smallest absolute Gasteiger partial charge is 0.238 e. The first-order valence-electron chi connectivity index (χ1n) is 5.60. The highest BCUT2D eigenvalue weighted by Crippen LogP contribution is 2.29. The van der Waals surface area contributed by atoms with E-state index in [1.807, 2.05) is 13.8 Å². The number of carbonyl (C=O) groups is 1. The van der Waals surface area contributed by atoms with Crippen LogP contribution < -0.4 is 20.5 Å². The van der Waals surface area contributed by atoms with Crippen LogP contribution >= 0.6 is 12.4 Å². The summed E-state index contributed by atoms with van der Waals surface area (Å²) in [6.45, 7) is 4.81. The maximum absolute atomic E-state index is 11.3. The van der Waals surface area contributed by atoms with Crippen molar-refractivity contribution in [2.75, 3.05) is 25.1 Å². The molecule has 1 aromatic rings. The van der Waals surface area contributed by atoms with Gasteiger partial charge in [-0.2, -0.15) is 0 Å². The van der Waals surface area contributed by atoms with Crippen LogP contribution in [-0.4, -0.2) is 25.7 Å². The van der Waals surface area contributed by atoms with Gasteiger partial charge in [0.05, 0.1) is 25.4 Å². The van der Waals surface area contributed by atoms with E-state index >= 15 is 0 Å². The number of ether oxygens (including phenoxy) is 2. The second-order valence-electron chi connectivity index (χ2n) is 3.28. The number of amides is 1. The van der Waals surface area contributed by atoms with Crippen LogP contribution in [-0.2, 0) is 4.79 Å². The highest BCUT2D eigenvalue weighted by Gasteiger charge is 2.08. The van der Waals surface area contributed by atoms with Gasteiger partial charge in [0.1, 0.15) is 11.5 Å². The molecular weight excluding hydrogens is 256 g/mol. The first-order chi connectivity index (χ1) is 8.21. The van der Waals surface area contributed by atoms with Gasteiger partial charge in [-0.25, -0.2) is 0 Å². The number of hydrogen-bond donors (Lipinski definition) is 2. The summed E-state index contributed by atoms with van der Waals surface area (Å²) in [7, 11) is 0. The molecule has 3 N–H and O–H groups in total. The van der Waals surface area contributed by atoms with Crippen molar-refractivity contribution in [1.29, 1.82) is 0 Å². The molecule has 1 aromatic carbocycles. The van der Waals surface area contributed by atoms with E-state index in [0.29, 0.717) is 30.4 Å². The zero-order chi connectivity index (χ0) is 12.7. The first kappa shape index (κ1) is 16.5. The van der Waals surface area contributed by atoms with Gasteiger partial charge in [0.15, 0.2) is 0 Å². The van der Waals surface area contributed by atoms with E-state index in [1.54, 1.807) is 18.2 Å². The molecule has 0 aliphatic rings. The Kier molecular flexibility index (Phi) is 7.91. The largest absolute Gasteiger partial charge is 0.494 e. The predicted molar refractivity (Wildman–Crippen MR) is 73.7 cm³/mol. The lowest BCUT2D eigenvalue weighted by Crippen LogP contribution is -2.22. The Morgan fingerprint density at radius 2 is 1.94 bits per heavy atom. The molecule has 0 aromatic heterocycles. The van der Waals surface area contributed by atoms with Gasteiger partial charge in [-0.05, 0) is 26.0 Å². The molecule has 1 amide bonds. The molecule has 6 heteroatoms. The number of anilines is 1. The average Bonchev–Trinajstić information content (AvgIpc) is 2.33. The second-order valence-corrected chi connectivity index (χ2v) is 3.28. The minimum absolute atomic E-state index is 0. The maximum atomic E-state index is 11.3. The van der Waals surface area contributed by atoms with Crippen molar-refractivity contribution in [1.82, 2.24) is 0 Å². The molecule has 18 heavy (non-hydrogen) atoms. The predicted octanol–water partition coefficient (Wildman–Crippen LogP) is 1.80. The summed E-state index contributed by atoms with van der Waals surface area (Å²) in [5.41, 5.74) is 5.83. The van der Waals surface area contributed by atoms with E-state index in [0.717, 1.165) is 0 Å². The molecule has 0 unspecified atom stereocenters. The molecule has 5 nitrogen and oxygen atoms in total. The van der Waals surface area contributed by atoms with Crippen molar-refractivity contribution in [2.24, 2.45) is 5.73 Å². The topological polar surface area (TPSA) is 73.6 Å². The molecule has 102 valence electrons. The molecule has 0 radical (unpaired) electrons. The van der Waals surface area contributed by atoms with Gasteiger partial charge >= 0.3 is 0 Å². The van der Waals surface area contributed by atoms with Crippen molar-refractivity contribution >= 4 is 24.0 Å². The number of nitrogens with one attached hydrogen (secondary N) is 1. The van der Waals surface area contributed by atoms with Crippen LogP contribution in [0, 0.1) is 0 Å². The van der Waals surface area contributed by atoms with Crippen molar-refractivity contribution in [3.63, 3.8) is 0 Å². The SMILES string of the molecule is CCOc1ccc(OCC)c(NC(=O)CN)c1.Cl. The molecule has 1 rings (SSSR count). The Balaban J connectivity index is 0.00000289. The van der Waals surface area contributed by atoms with Gasteiger partial charge in [-0.15, -0.1) is 12.4 Å². The molecular formula is C12H19ClN2O3. The second kappa shape index (κ2) is 8.60. The van der Waals surface area contributed by atoms with E-state index in [1.165, 1.54) is 0 Å². The molecule has 0 aliphatic heterocycles. The van der Waals surface area contributed by atoms with Gasteiger partial charge in [0.25, 0.3) is 0 Å². The lowest BCUT2D eigenvalue weighted by Gasteiger charge is -2.13. The Morgan fingerprint density at radius 3 is 2.50 bits per heavy atom. The summed E-state index contributed by atoms with van der Waals surface area (Å²) < 4.78 is 10.8. The van der Waals surface area contributed by atoms with Gasteiger partial charge < -0.3 is 20.5 Å². The van der Waals surface area contributed by atoms with Crippen molar-refractivity contribution in [2.45, 2.75) is 13.8 Å². The minimum atomic E-state index is -0.264. The highest BCUT2D eigenvalue weighted by molar-refractivity contribution is 5.93. The number of nitrogens with two attached hydrogens (primary N) is 1. The number of rotatable bonds is 6. The van der Waals surface area contributed by atoms with Crippen LogP contribution in [0.15, 0.2) is 18.2 Å². The summed E-state index contributed by atoms with van der Waals surface area (Å²) in [5, 5.41) is 2.67. The summed E-state index contributed by atoms with van der Waals surface area (Å²) in [6, 6.07) is 5.29. The van der Waals surface area contributed by atoms with Gasteiger partial charge in [0.2, 0.25) is 5.91 Å². The summed E-state index contributed by atoms with van der Waals surface area (Å²) >= 11 is 0. The maximum Gasteiger partial charge on any atom is 0.238 e. The van der Waals surface area contributed by atoms with E-state index < -0.39 is 0 Å². The highest BCUT2D eigenvalue weighted by atomic mass is 35.5. The Labute approximate surface area is 113 Å². The van der Waals surface area contributed by atoms with Crippen molar-refractivity contribution in [3.05, 3.63) is 18.2 Å². The van der Waals surface area contributed by atoms with Gasteiger partial charge in [-0.1, -0.05) is 0 Å². The fraction of sp³-hybridized carbons (Fsp3) is 0.417. The normalized spacial score (nSPS) is 9.28. The van der Waals surface area contributed by atoms with E-state index in [-0.39, 0.29) is 24.9 Å². The van der Waals surface area contributed by atoms with E-state index in [9.17, 15) is 4.79 Å². The molecule has 0 saturated heterocycles. The van der Waals surface area contributed by atoms with E-state index in [4.69, 9.17) is 15.2 Å². The zero-order valence-corrected chi connectivity index (χ0v) is 11.4. The third-order valence-electron chi connectivity index (χ3n) is 2.02. The monoisotopic (exact) mass is 274 g/mol. The number of carbonyl (C=O) groups excluding carboxylic acids is 1. The van der Waals surface area contributed by atoms with Crippen LogP contribution in [0.5, 0.6) is 11.5 Å². The molecule has 0 heterocycles. The number of benzene rings is 1. The van der Waals surface area contributed by atoms with Gasteiger partial charge in [0, 0.05) is 6.07 Å². The van der Waals surface area contributed by atoms with Crippen LogP contribution in [0.2, 0.25) is 0 Å². The van der Waals surface area contributed by atoms with Crippen LogP contribution in [0.4, 0.5) is 5.69 Å². The lowest BCUT2D eigenvalue weighted by molar-refractivity contribution is -0.114. The first-order valence-corrected chi connectivity index (χ1v) is 5.60. The molecule has 0 bridgehead atoms. The third-order valence-corrected chi connectivity index (χ3v) is 2.02. The quantitative estimate of drug-likeness (QED) is 0.830. The van der Waals surface area contributed by atoms with Gasteiger partial charge in [-0.3, -0.25) is 4.79 Å². The molecule has 0 atom stereocenters. The van der Waals surface area contributed by atoms with Crippen LogP contribution in [0.25, 0.3) is 0 Å². The Hall–Kier alpha value is -1.46. The summed E-state index contributed by atoms with van der Waals surface area (Å²) in [6.07, 6.45) is 0. The Bertz CT molecular complexity index is 386. The fourth-order valence-corrected chi connectivity index (χ4v) is 1.35. The average molecular weight is 275 g/mol. The molecule has 0 saturated carbocycles. The van der Waals surface area contributed by atoms with Crippen molar-refractivity contribution < 1.29 is 14.3 Å². The fourth-order valence-electron chi connectivity index (χ4n) is 1.35. The number of hydrogen-bond acceptors (Lipinski definition) is 4. The third kappa shape index (κ3) is 4.81. The van der Waals surface area contributed by atoms with Crippen LogP contribution in [0.3, 0.4) is 0 Å². The molecule has 0 fully saturated rings. The summed E-state index contributed by atoms with van der Waals surface area (Å²) in [4.78, 5) is 11.3. The minimum Gasteiger partial charge on any atom is -0.494 e. The van der Waals surface area contributed by atoms with Crippen LogP contribution in [0.1, 0.15) is 13.8 Å². The standard InChI is InChI=1S/C12H18N2O3.ClH/c1-3-16-9-5-6-11(17-4-2)10(7-9)14-12(15)8-13;/h5-7H,3-4,8,13H2,1-2H3,(H,14,15);1H. The molecule has 0 spiro atoms. The van der Waals surface area contributed by atoms with Crippen molar-refractivity contribution in [3.8, 4) is 11.5 Å². The summed E-state index contributed by atoms with van der Waals surface area (Å²) in [5.74, 6) is 1.03. The van der Waals surface area contributed by atoms with E-state index in [2.05, 4.69) is 5.32 Å². The lowest BCUT2D eigenvalue weighted by atomic mass is 10.2.